The third kappa shape index (κ3) is 3.32. The fourth-order valence-electron chi connectivity index (χ4n) is 3.24. The van der Waals surface area contributed by atoms with Gasteiger partial charge in [-0.15, -0.1) is 0 Å². The lowest BCUT2D eigenvalue weighted by molar-refractivity contribution is 0.0521. The number of carbonyl (C=O) groups excluding carboxylic acids is 1. The molecular weight excluding hydrogens is 326 g/mol. The van der Waals surface area contributed by atoms with E-state index < -0.39 is 0 Å². The van der Waals surface area contributed by atoms with Crippen LogP contribution in [0.3, 0.4) is 0 Å². The quantitative estimate of drug-likeness (QED) is 0.928. The SMILES string of the molecule is Cc1c(C(=O)N2CCC(C(C)O)CC2)cnn1-c1cccc(Cl)c1. The molecule has 1 aliphatic heterocycles. The number of amides is 1. The highest BCUT2D eigenvalue weighted by molar-refractivity contribution is 6.30. The van der Waals surface area contributed by atoms with Crippen molar-refractivity contribution in [3.8, 4) is 5.69 Å². The van der Waals surface area contributed by atoms with Crippen molar-refractivity contribution in [3.63, 3.8) is 0 Å². The smallest absolute Gasteiger partial charge is 0.257 e. The van der Waals surface area contributed by atoms with Gasteiger partial charge in [0.1, 0.15) is 0 Å². The number of rotatable bonds is 3. The molecule has 0 aliphatic carbocycles. The van der Waals surface area contributed by atoms with Gasteiger partial charge in [0.2, 0.25) is 0 Å². The zero-order valence-corrected chi connectivity index (χ0v) is 14.7. The van der Waals surface area contributed by atoms with E-state index in [1.165, 1.54) is 0 Å². The number of aromatic nitrogens is 2. The summed E-state index contributed by atoms with van der Waals surface area (Å²) in [6, 6.07) is 7.40. The highest BCUT2D eigenvalue weighted by Crippen LogP contribution is 2.24. The summed E-state index contributed by atoms with van der Waals surface area (Å²) in [4.78, 5) is 14.6. The van der Waals surface area contributed by atoms with Gasteiger partial charge in [-0.2, -0.15) is 5.10 Å². The number of likely N-dealkylation sites (tertiary alicyclic amines) is 1. The first kappa shape index (κ1) is 17.0. The van der Waals surface area contributed by atoms with Crippen LogP contribution in [0, 0.1) is 12.8 Å². The van der Waals surface area contributed by atoms with Crippen molar-refractivity contribution in [2.75, 3.05) is 13.1 Å². The van der Waals surface area contributed by atoms with Crippen molar-refractivity contribution < 1.29 is 9.90 Å². The maximum atomic E-state index is 12.8. The average molecular weight is 348 g/mol. The zero-order chi connectivity index (χ0) is 17.3. The molecule has 1 atom stereocenters. The van der Waals surface area contributed by atoms with Crippen molar-refractivity contribution in [2.24, 2.45) is 5.92 Å². The number of aliphatic hydroxyl groups excluding tert-OH is 1. The summed E-state index contributed by atoms with van der Waals surface area (Å²) in [7, 11) is 0. The van der Waals surface area contributed by atoms with Crippen LogP contribution in [0.25, 0.3) is 5.69 Å². The first-order valence-corrected chi connectivity index (χ1v) is 8.63. The standard InChI is InChI=1S/C18H22ClN3O2/c1-12-17(11-20-22(12)16-5-3-4-15(19)10-16)18(24)21-8-6-14(7-9-21)13(2)23/h3-5,10-11,13-14,23H,6-9H2,1-2H3. The van der Waals surface area contributed by atoms with E-state index in [4.69, 9.17) is 11.6 Å². The van der Waals surface area contributed by atoms with E-state index in [1.807, 2.05) is 43.0 Å². The van der Waals surface area contributed by atoms with Gasteiger partial charge in [-0.3, -0.25) is 4.79 Å². The van der Waals surface area contributed by atoms with Crippen LogP contribution in [-0.4, -0.2) is 44.9 Å². The van der Waals surface area contributed by atoms with Crippen molar-refractivity contribution in [3.05, 3.63) is 46.7 Å². The summed E-state index contributed by atoms with van der Waals surface area (Å²) in [5, 5.41) is 14.7. The van der Waals surface area contributed by atoms with Gasteiger partial charge in [0.15, 0.2) is 0 Å². The largest absolute Gasteiger partial charge is 0.393 e. The highest BCUT2D eigenvalue weighted by Gasteiger charge is 2.27. The summed E-state index contributed by atoms with van der Waals surface area (Å²) in [6.07, 6.45) is 2.99. The molecule has 1 aliphatic rings. The summed E-state index contributed by atoms with van der Waals surface area (Å²) in [5.41, 5.74) is 2.26. The Morgan fingerprint density at radius 2 is 2.08 bits per heavy atom. The highest BCUT2D eigenvalue weighted by atomic mass is 35.5. The lowest BCUT2D eigenvalue weighted by Crippen LogP contribution is -2.40. The van der Waals surface area contributed by atoms with E-state index in [0.717, 1.165) is 24.2 Å². The number of piperidine rings is 1. The maximum absolute atomic E-state index is 12.8. The predicted octanol–water partition coefficient (Wildman–Crippen LogP) is 3.07. The monoisotopic (exact) mass is 347 g/mol. The minimum Gasteiger partial charge on any atom is -0.393 e. The minimum absolute atomic E-state index is 0.00446. The van der Waals surface area contributed by atoms with E-state index in [2.05, 4.69) is 5.10 Å². The second kappa shape index (κ2) is 6.95. The molecule has 1 fully saturated rings. The second-order valence-corrected chi connectivity index (χ2v) is 6.84. The predicted molar refractivity (Wildman–Crippen MR) is 93.6 cm³/mol. The molecule has 6 heteroatoms. The fourth-order valence-corrected chi connectivity index (χ4v) is 3.43. The molecule has 1 aromatic heterocycles. The lowest BCUT2D eigenvalue weighted by atomic mass is 9.92. The average Bonchev–Trinajstić information content (AvgIpc) is 2.96. The molecule has 2 heterocycles. The van der Waals surface area contributed by atoms with Gasteiger partial charge < -0.3 is 10.0 Å². The Balaban J connectivity index is 1.78. The third-order valence-electron chi connectivity index (χ3n) is 4.80. The van der Waals surface area contributed by atoms with Gasteiger partial charge in [-0.1, -0.05) is 17.7 Å². The van der Waals surface area contributed by atoms with Crippen molar-refractivity contribution in [2.45, 2.75) is 32.8 Å². The van der Waals surface area contributed by atoms with E-state index in [0.29, 0.717) is 23.7 Å². The van der Waals surface area contributed by atoms with Gasteiger partial charge in [-0.25, -0.2) is 4.68 Å². The van der Waals surface area contributed by atoms with Gasteiger partial charge in [0.05, 0.1) is 29.2 Å². The Hall–Kier alpha value is -1.85. The Bertz CT molecular complexity index is 734. The van der Waals surface area contributed by atoms with Crippen LogP contribution >= 0.6 is 11.6 Å². The molecule has 1 N–H and O–H groups in total. The van der Waals surface area contributed by atoms with Crippen LogP contribution in [0.1, 0.15) is 35.8 Å². The van der Waals surface area contributed by atoms with Crippen molar-refractivity contribution in [1.29, 1.82) is 0 Å². The lowest BCUT2D eigenvalue weighted by Gasteiger charge is -2.33. The summed E-state index contributed by atoms with van der Waals surface area (Å²) < 4.78 is 1.74. The maximum Gasteiger partial charge on any atom is 0.257 e. The van der Waals surface area contributed by atoms with Gasteiger partial charge in [-0.05, 0) is 50.8 Å². The minimum atomic E-state index is -0.311. The van der Waals surface area contributed by atoms with E-state index >= 15 is 0 Å². The van der Waals surface area contributed by atoms with Crippen molar-refractivity contribution >= 4 is 17.5 Å². The molecule has 0 radical (unpaired) electrons. The van der Waals surface area contributed by atoms with E-state index in [9.17, 15) is 9.90 Å². The molecule has 1 saturated heterocycles. The number of carbonyl (C=O) groups is 1. The Morgan fingerprint density at radius 3 is 2.71 bits per heavy atom. The molecule has 1 aromatic carbocycles. The van der Waals surface area contributed by atoms with Crippen LogP contribution in [-0.2, 0) is 0 Å². The molecule has 1 amide bonds. The van der Waals surface area contributed by atoms with Crippen LogP contribution in [0.15, 0.2) is 30.5 Å². The fraction of sp³-hybridized carbons (Fsp3) is 0.444. The molecule has 0 bridgehead atoms. The number of hydrogen-bond acceptors (Lipinski definition) is 3. The van der Waals surface area contributed by atoms with Gasteiger partial charge in [0, 0.05) is 18.1 Å². The molecular formula is C18H22ClN3O2. The molecule has 128 valence electrons. The third-order valence-corrected chi connectivity index (χ3v) is 5.04. The topological polar surface area (TPSA) is 58.4 Å². The first-order valence-electron chi connectivity index (χ1n) is 8.25. The number of nitrogens with zero attached hydrogens (tertiary/aromatic N) is 3. The normalized spacial score (nSPS) is 17.1. The summed E-state index contributed by atoms with van der Waals surface area (Å²) in [6.45, 7) is 5.07. The van der Waals surface area contributed by atoms with E-state index in [-0.39, 0.29) is 17.9 Å². The molecule has 0 spiro atoms. The number of halogens is 1. The zero-order valence-electron chi connectivity index (χ0n) is 13.9. The molecule has 3 rings (SSSR count). The Labute approximate surface area is 146 Å². The summed E-state index contributed by atoms with van der Waals surface area (Å²) >= 11 is 6.04. The number of hydrogen-bond donors (Lipinski definition) is 1. The number of aliphatic hydroxyl groups is 1. The van der Waals surface area contributed by atoms with Crippen LogP contribution in [0.2, 0.25) is 5.02 Å². The van der Waals surface area contributed by atoms with Crippen LogP contribution < -0.4 is 0 Å². The van der Waals surface area contributed by atoms with E-state index in [1.54, 1.807) is 10.9 Å². The Kier molecular flexibility index (Phi) is 4.92. The van der Waals surface area contributed by atoms with Crippen LogP contribution in [0.5, 0.6) is 0 Å². The molecule has 1 unspecified atom stereocenters. The molecule has 24 heavy (non-hydrogen) atoms. The second-order valence-electron chi connectivity index (χ2n) is 6.41. The first-order chi connectivity index (χ1) is 11.5. The molecule has 0 saturated carbocycles. The van der Waals surface area contributed by atoms with Crippen LogP contribution in [0.4, 0.5) is 0 Å². The van der Waals surface area contributed by atoms with Crippen molar-refractivity contribution in [1.82, 2.24) is 14.7 Å². The molecule has 5 nitrogen and oxygen atoms in total. The summed E-state index contributed by atoms with van der Waals surface area (Å²) in [5.74, 6) is 0.286. The molecule has 2 aromatic rings. The Morgan fingerprint density at radius 1 is 1.38 bits per heavy atom. The van der Waals surface area contributed by atoms with Gasteiger partial charge >= 0.3 is 0 Å². The van der Waals surface area contributed by atoms with Gasteiger partial charge in [0.25, 0.3) is 5.91 Å². The number of benzene rings is 1.